The van der Waals surface area contributed by atoms with Gasteiger partial charge in [-0.3, -0.25) is 19.1 Å². The van der Waals surface area contributed by atoms with Gasteiger partial charge in [0.25, 0.3) is 11.6 Å². The number of hydrogen-bond acceptors (Lipinski definition) is 6. The van der Waals surface area contributed by atoms with Crippen LogP contribution < -0.4 is 4.90 Å². The van der Waals surface area contributed by atoms with E-state index in [-0.39, 0.29) is 23.1 Å². The van der Waals surface area contributed by atoms with Crippen molar-refractivity contribution in [2.24, 2.45) is 0 Å². The smallest absolute Gasteiger partial charge is 0.289 e. The van der Waals surface area contributed by atoms with Crippen molar-refractivity contribution in [3.8, 4) is 0 Å². The number of nitro benzene ring substituents is 1. The van der Waals surface area contributed by atoms with E-state index in [0.29, 0.717) is 31.9 Å². The second-order valence-electron chi connectivity index (χ2n) is 7.63. The molecule has 4 rings (SSSR count). The number of hydrogen-bond donors (Lipinski definition) is 0. The number of benzene rings is 2. The van der Waals surface area contributed by atoms with Crippen LogP contribution >= 0.6 is 0 Å². The summed E-state index contributed by atoms with van der Waals surface area (Å²) in [6.07, 6.45) is 0. The molecule has 0 radical (unpaired) electrons. The maximum Gasteiger partial charge on any atom is 0.289 e. The Hall–Kier alpha value is -3.46. The number of aryl methyl sites for hydroxylation is 1. The molecule has 0 unspecified atom stereocenters. The van der Waals surface area contributed by atoms with Crippen molar-refractivity contribution in [2.45, 2.75) is 17.6 Å². The SMILES string of the molecule is Cc1cccc([S@@](=O)Cc2ccc(C(=O)N3CCN(c4ccc([N+](=O)[O-])cc4)CC3)o2)c1. The van der Waals surface area contributed by atoms with E-state index in [9.17, 15) is 19.1 Å². The van der Waals surface area contributed by atoms with Crippen LogP contribution in [0.1, 0.15) is 21.9 Å². The van der Waals surface area contributed by atoms with E-state index >= 15 is 0 Å². The molecule has 1 aliphatic heterocycles. The summed E-state index contributed by atoms with van der Waals surface area (Å²) in [6.45, 7) is 4.22. The van der Waals surface area contributed by atoms with Crippen molar-refractivity contribution in [1.29, 1.82) is 0 Å². The molecule has 0 aliphatic carbocycles. The molecule has 1 amide bonds. The predicted molar refractivity (Wildman–Crippen MR) is 121 cm³/mol. The quantitative estimate of drug-likeness (QED) is 0.416. The van der Waals surface area contributed by atoms with Gasteiger partial charge in [0.2, 0.25) is 0 Å². The highest BCUT2D eigenvalue weighted by molar-refractivity contribution is 7.84. The molecule has 8 nitrogen and oxygen atoms in total. The molecule has 166 valence electrons. The Kier molecular flexibility index (Phi) is 6.36. The molecule has 0 spiro atoms. The van der Waals surface area contributed by atoms with Crippen molar-refractivity contribution >= 4 is 28.1 Å². The Morgan fingerprint density at radius 2 is 1.78 bits per heavy atom. The minimum atomic E-state index is -1.25. The van der Waals surface area contributed by atoms with Gasteiger partial charge < -0.3 is 14.2 Å². The summed E-state index contributed by atoms with van der Waals surface area (Å²) in [4.78, 5) is 27.8. The van der Waals surface area contributed by atoms with E-state index in [1.807, 2.05) is 31.2 Å². The van der Waals surface area contributed by atoms with Gasteiger partial charge in [0.15, 0.2) is 5.76 Å². The number of carbonyl (C=O) groups excluding carboxylic acids is 1. The molecule has 0 saturated carbocycles. The zero-order chi connectivity index (χ0) is 22.7. The highest BCUT2D eigenvalue weighted by Gasteiger charge is 2.25. The van der Waals surface area contributed by atoms with Gasteiger partial charge in [-0.15, -0.1) is 0 Å². The molecule has 0 bridgehead atoms. The van der Waals surface area contributed by atoms with Gasteiger partial charge in [0, 0.05) is 48.9 Å². The summed E-state index contributed by atoms with van der Waals surface area (Å²) in [5.41, 5.74) is 1.99. The van der Waals surface area contributed by atoms with E-state index in [2.05, 4.69) is 4.90 Å². The first-order chi connectivity index (χ1) is 15.4. The second kappa shape index (κ2) is 9.35. The van der Waals surface area contributed by atoms with Crippen LogP contribution in [0.5, 0.6) is 0 Å². The minimum absolute atomic E-state index is 0.0551. The molecule has 1 aromatic heterocycles. The number of nitrogens with zero attached hydrogens (tertiary/aromatic N) is 3. The summed E-state index contributed by atoms with van der Waals surface area (Å²) in [6, 6.07) is 17.3. The predicted octanol–water partition coefficient (Wildman–Crippen LogP) is 3.77. The summed E-state index contributed by atoms with van der Waals surface area (Å²) in [7, 11) is -1.25. The lowest BCUT2D eigenvalue weighted by molar-refractivity contribution is -0.384. The number of rotatable bonds is 6. The van der Waals surface area contributed by atoms with E-state index < -0.39 is 15.7 Å². The van der Waals surface area contributed by atoms with Crippen LogP contribution in [0.15, 0.2) is 70.0 Å². The fourth-order valence-corrected chi connectivity index (χ4v) is 4.78. The van der Waals surface area contributed by atoms with Crippen molar-refractivity contribution in [3.63, 3.8) is 0 Å². The van der Waals surface area contributed by atoms with Gasteiger partial charge in [-0.1, -0.05) is 12.1 Å². The molecule has 3 aromatic rings. The average Bonchev–Trinajstić information content (AvgIpc) is 3.27. The molecular weight excluding hydrogens is 430 g/mol. The number of nitro groups is 1. The van der Waals surface area contributed by atoms with Crippen LogP contribution in [-0.4, -0.2) is 46.1 Å². The Bertz CT molecular complexity index is 1150. The van der Waals surface area contributed by atoms with Crippen LogP contribution in [0, 0.1) is 17.0 Å². The zero-order valence-corrected chi connectivity index (χ0v) is 18.4. The number of non-ortho nitro benzene ring substituents is 1. The van der Waals surface area contributed by atoms with Crippen LogP contribution in [0.3, 0.4) is 0 Å². The fourth-order valence-electron chi connectivity index (χ4n) is 3.65. The topological polar surface area (TPSA) is 96.9 Å². The molecule has 1 fully saturated rings. The van der Waals surface area contributed by atoms with Crippen molar-refractivity contribution in [3.05, 3.63) is 87.9 Å². The average molecular weight is 454 g/mol. The third-order valence-electron chi connectivity index (χ3n) is 5.39. The summed E-state index contributed by atoms with van der Waals surface area (Å²) >= 11 is 0. The molecule has 2 heterocycles. The molecule has 9 heteroatoms. The van der Waals surface area contributed by atoms with Gasteiger partial charge in [0.05, 0.1) is 21.5 Å². The normalized spacial score (nSPS) is 14.9. The number of carbonyl (C=O) groups is 1. The van der Waals surface area contributed by atoms with Crippen molar-refractivity contribution < 1.29 is 18.3 Å². The second-order valence-corrected chi connectivity index (χ2v) is 9.08. The van der Waals surface area contributed by atoms with Crippen LogP contribution in [0.25, 0.3) is 0 Å². The Morgan fingerprint density at radius 3 is 2.44 bits per heavy atom. The first kappa shape index (κ1) is 21.8. The maximum absolute atomic E-state index is 12.8. The molecule has 1 saturated heterocycles. The van der Waals surface area contributed by atoms with Gasteiger partial charge in [-0.25, -0.2) is 0 Å². The highest BCUT2D eigenvalue weighted by Crippen LogP contribution is 2.22. The van der Waals surface area contributed by atoms with Gasteiger partial charge in [-0.2, -0.15) is 0 Å². The number of furan rings is 1. The van der Waals surface area contributed by atoms with Crippen molar-refractivity contribution in [2.75, 3.05) is 31.1 Å². The Balaban J connectivity index is 1.34. The number of amides is 1. The third kappa shape index (κ3) is 4.88. The van der Waals surface area contributed by atoms with Gasteiger partial charge in [-0.05, 0) is 48.9 Å². The molecule has 32 heavy (non-hydrogen) atoms. The fraction of sp³-hybridized carbons (Fsp3) is 0.261. The molecular formula is C23H23N3O5S. The third-order valence-corrected chi connectivity index (χ3v) is 6.72. The standard InChI is InChI=1S/C23H23N3O5S/c1-17-3-2-4-21(15-17)32(30)16-20-9-10-22(31-20)23(27)25-13-11-24(12-14-25)18-5-7-19(8-6-18)26(28)29/h2-10,15H,11-14,16H2,1H3/t32-/m0/s1. The summed E-state index contributed by atoms with van der Waals surface area (Å²) < 4.78 is 18.3. The molecule has 1 atom stereocenters. The summed E-state index contributed by atoms with van der Waals surface area (Å²) in [5.74, 6) is 0.772. The lowest BCUT2D eigenvalue weighted by atomic mass is 10.2. The van der Waals surface area contributed by atoms with Crippen LogP contribution in [-0.2, 0) is 16.6 Å². The molecule has 0 N–H and O–H groups in total. The van der Waals surface area contributed by atoms with E-state index in [0.717, 1.165) is 16.1 Å². The van der Waals surface area contributed by atoms with Crippen LogP contribution in [0.4, 0.5) is 11.4 Å². The first-order valence-corrected chi connectivity index (χ1v) is 11.5. The number of piperazine rings is 1. The van der Waals surface area contributed by atoms with E-state index in [4.69, 9.17) is 4.42 Å². The summed E-state index contributed by atoms with van der Waals surface area (Å²) in [5, 5.41) is 10.8. The monoisotopic (exact) mass is 453 g/mol. The Morgan fingerprint density at radius 1 is 1.06 bits per heavy atom. The van der Waals surface area contributed by atoms with Gasteiger partial charge in [0.1, 0.15) is 5.76 Å². The minimum Gasteiger partial charge on any atom is -0.455 e. The maximum atomic E-state index is 12.8. The number of anilines is 1. The molecule has 1 aliphatic rings. The van der Waals surface area contributed by atoms with E-state index in [1.54, 1.807) is 29.2 Å². The lowest BCUT2D eigenvalue weighted by Crippen LogP contribution is -2.48. The first-order valence-electron chi connectivity index (χ1n) is 10.2. The van der Waals surface area contributed by atoms with Gasteiger partial charge >= 0.3 is 0 Å². The highest BCUT2D eigenvalue weighted by atomic mass is 32.2. The van der Waals surface area contributed by atoms with E-state index in [1.165, 1.54) is 12.1 Å². The molecule has 2 aromatic carbocycles. The zero-order valence-electron chi connectivity index (χ0n) is 17.6. The van der Waals surface area contributed by atoms with Crippen molar-refractivity contribution in [1.82, 2.24) is 4.90 Å². The lowest BCUT2D eigenvalue weighted by Gasteiger charge is -2.35. The Labute approximate surface area is 188 Å². The van der Waals surface area contributed by atoms with Crippen LogP contribution in [0.2, 0.25) is 0 Å². The largest absolute Gasteiger partial charge is 0.455 e.